The average Bonchev–Trinajstić information content (AvgIpc) is 2.70. The Bertz CT molecular complexity index is 236. The van der Waals surface area contributed by atoms with Crippen molar-refractivity contribution in [1.82, 2.24) is 5.32 Å². The Morgan fingerprint density at radius 3 is 2.86 bits per heavy atom. The van der Waals surface area contributed by atoms with Gasteiger partial charge in [0.15, 0.2) is 0 Å². The lowest BCUT2D eigenvalue weighted by Gasteiger charge is -2.18. The van der Waals surface area contributed by atoms with Crippen LogP contribution in [0.2, 0.25) is 0 Å². The van der Waals surface area contributed by atoms with Gasteiger partial charge in [-0.1, -0.05) is 0 Å². The number of hydrogen-bond donors (Lipinski definition) is 2. The van der Waals surface area contributed by atoms with Crippen LogP contribution in [0.5, 0.6) is 0 Å². The Labute approximate surface area is 87.4 Å². The Morgan fingerprint density at radius 1 is 1.57 bits per heavy atom. The molecule has 5 heteroatoms. The van der Waals surface area contributed by atoms with Crippen molar-refractivity contribution in [3.63, 3.8) is 0 Å². The van der Waals surface area contributed by atoms with Gasteiger partial charge in [-0.15, -0.1) is 11.8 Å². The number of ether oxygens (including phenoxy) is 1. The third-order valence-electron chi connectivity index (χ3n) is 2.71. The molecule has 2 rings (SSSR count). The van der Waals surface area contributed by atoms with Crippen molar-refractivity contribution in [3.8, 4) is 0 Å². The fourth-order valence-electron chi connectivity index (χ4n) is 1.91. The Kier molecular flexibility index (Phi) is 2.99. The second kappa shape index (κ2) is 4.08. The maximum atomic E-state index is 10.7. The van der Waals surface area contributed by atoms with E-state index in [4.69, 9.17) is 9.84 Å². The highest BCUT2D eigenvalue weighted by molar-refractivity contribution is 8.00. The summed E-state index contributed by atoms with van der Waals surface area (Å²) >= 11 is 1.66. The third kappa shape index (κ3) is 2.04. The highest BCUT2D eigenvalue weighted by atomic mass is 32.2. The fraction of sp³-hybridized carbons (Fsp3) is 0.889. The van der Waals surface area contributed by atoms with Crippen LogP contribution in [0.1, 0.15) is 19.8 Å². The molecule has 3 unspecified atom stereocenters. The second-order valence-electron chi connectivity index (χ2n) is 3.87. The molecule has 4 atom stereocenters. The molecule has 2 aliphatic rings. The first kappa shape index (κ1) is 10.3. The zero-order valence-corrected chi connectivity index (χ0v) is 8.92. The lowest BCUT2D eigenvalue weighted by atomic mass is 10.2. The van der Waals surface area contributed by atoms with Crippen LogP contribution in [0.4, 0.5) is 0 Å². The number of carbonyl (C=O) groups is 1. The second-order valence-corrected chi connectivity index (χ2v) is 5.05. The Balaban J connectivity index is 1.86. The number of aliphatic carboxylic acids is 1. The van der Waals surface area contributed by atoms with E-state index in [1.165, 1.54) is 0 Å². The van der Waals surface area contributed by atoms with Gasteiger partial charge in [0, 0.05) is 5.75 Å². The van der Waals surface area contributed by atoms with Gasteiger partial charge >= 0.3 is 5.97 Å². The van der Waals surface area contributed by atoms with Crippen molar-refractivity contribution < 1.29 is 14.6 Å². The molecule has 0 bridgehead atoms. The summed E-state index contributed by atoms with van der Waals surface area (Å²) in [5.41, 5.74) is 0. The summed E-state index contributed by atoms with van der Waals surface area (Å²) in [6, 6.07) is -0.399. The zero-order valence-electron chi connectivity index (χ0n) is 8.10. The highest BCUT2D eigenvalue weighted by Gasteiger charge is 2.37. The first-order valence-corrected chi connectivity index (χ1v) is 5.97. The van der Waals surface area contributed by atoms with Crippen LogP contribution in [-0.2, 0) is 9.53 Å². The lowest BCUT2D eigenvalue weighted by molar-refractivity contribution is -0.138. The molecule has 0 aromatic carbocycles. The number of hydrogen-bond acceptors (Lipinski definition) is 4. The number of carboxylic acids is 1. The maximum Gasteiger partial charge on any atom is 0.321 e. The molecule has 2 fully saturated rings. The van der Waals surface area contributed by atoms with Gasteiger partial charge in [-0.2, -0.15) is 0 Å². The van der Waals surface area contributed by atoms with Crippen molar-refractivity contribution in [2.24, 2.45) is 0 Å². The quantitative estimate of drug-likeness (QED) is 0.712. The van der Waals surface area contributed by atoms with E-state index in [0.29, 0.717) is 11.9 Å². The van der Waals surface area contributed by atoms with Gasteiger partial charge in [0.25, 0.3) is 0 Å². The Hall–Kier alpha value is -0.260. The molecular formula is C9H15NO3S. The molecule has 0 aromatic heterocycles. The normalized spacial score (nSPS) is 42.9. The highest BCUT2D eigenvalue weighted by Crippen LogP contribution is 2.30. The fourth-order valence-corrected chi connectivity index (χ4v) is 3.22. The van der Waals surface area contributed by atoms with E-state index in [2.05, 4.69) is 12.2 Å². The SMILES string of the molecule is CC1CCC(C2N[C@@H](C(=O)O)CS2)O1. The van der Waals surface area contributed by atoms with E-state index >= 15 is 0 Å². The van der Waals surface area contributed by atoms with E-state index in [9.17, 15) is 4.79 Å². The monoisotopic (exact) mass is 217 g/mol. The summed E-state index contributed by atoms with van der Waals surface area (Å²) in [6.07, 6.45) is 2.64. The van der Waals surface area contributed by atoms with E-state index < -0.39 is 12.0 Å². The molecule has 2 heterocycles. The first-order valence-electron chi connectivity index (χ1n) is 4.92. The topological polar surface area (TPSA) is 58.6 Å². The predicted molar refractivity (Wildman–Crippen MR) is 54.4 cm³/mol. The van der Waals surface area contributed by atoms with Gasteiger partial charge in [-0.25, -0.2) is 0 Å². The van der Waals surface area contributed by atoms with Gasteiger partial charge in [0.1, 0.15) is 6.04 Å². The van der Waals surface area contributed by atoms with Crippen molar-refractivity contribution in [2.75, 3.05) is 5.75 Å². The molecule has 80 valence electrons. The van der Waals surface area contributed by atoms with Gasteiger partial charge in [-0.3, -0.25) is 10.1 Å². The molecule has 0 saturated carbocycles. The molecule has 0 spiro atoms. The average molecular weight is 217 g/mol. The largest absolute Gasteiger partial charge is 0.480 e. The van der Waals surface area contributed by atoms with Crippen LogP contribution in [0, 0.1) is 0 Å². The number of thioether (sulfide) groups is 1. The van der Waals surface area contributed by atoms with Crippen LogP contribution in [0.15, 0.2) is 0 Å². The summed E-state index contributed by atoms with van der Waals surface area (Å²) in [5.74, 6) is -0.111. The van der Waals surface area contributed by atoms with Crippen LogP contribution in [0.25, 0.3) is 0 Å². The van der Waals surface area contributed by atoms with Gasteiger partial charge in [-0.05, 0) is 19.8 Å². The molecule has 0 aliphatic carbocycles. The summed E-state index contributed by atoms with van der Waals surface area (Å²) in [6.45, 7) is 2.06. The molecule has 0 amide bonds. The van der Waals surface area contributed by atoms with E-state index in [-0.39, 0.29) is 11.5 Å². The summed E-state index contributed by atoms with van der Waals surface area (Å²) in [7, 11) is 0. The molecule has 2 N–H and O–H groups in total. The van der Waals surface area contributed by atoms with Crippen LogP contribution >= 0.6 is 11.8 Å². The third-order valence-corrected chi connectivity index (χ3v) is 4.03. The zero-order chi connectivity index (χ0) is 10.1. The molecule has 14 heavy (non-hydrogen) atoms. The minimum absolute atomic E-state index is 0.168. The van der Waals surface area contributed by atoms with Crippen LogP contribution < -0.4 is 5.32 Å². The van der Waals surface area contributed by atoms with E-state index in [1.54, 1.807) is 11.8 Å². The van der Waals surface area contributed by atoms with Crippen LogP contribution in [0.3, 0.4) is 0 Å². The summed E-state index contributed by atoms with van der Waals surface area (Å²) in [4.78, 5) is 10.7. The minimum Gasteiger partial charge on any atom is -0.480 e. The van der Waals surface area contributed by atoms with E-state index in [0.717, 1.165) is 12.8 Å². The van der Waals surface area contributed by atoms with Crippen molar-refractivity contribution in [2.45, 2.75) is 43.4 Å². The van der Waals surface area contributed by atoms with Gasteiger partial charge in [0.05, 0.1) is 17.6 Å². The molecule has 4 nitrogen and oxygen atoms in total. The van der Waals surface area contributed by atoms with Gasteiger partial charge in [0.2, 0.25) is 0 Å². The van der Waals surface area contributed by atoms with E-state index in [1.807, 2.05) is 0 Å². The number of nitrogens with one attached hydrogen (secondary N) is 1. The standard InChI is InChI=1S/C9H15NO3S/c1-5-2-3-7(13-5)8-10-6(4-14-8)9(11)12/h5-8,10H,2-4H2,1H3,(H,11,12)/t5?,6-,7?,8?/m1/s1. The summed E-state index contributed by atoms with van der Waals surface area (Å²) < 4.78 is 5.70. The molecule has 2 saturated heterocycles. The van der Waals surface area contributed by atoms with Crippen molar-refractivity contribution in [3.05, 3.63) is 0 Å². The molecule has 0 aromatic rings. The molecular weight excluding hydrogens is 202 g/mol. The smallest absolute Gasteiger partial charge is 0.321 e. The maximum absolute atomic E-state index is 10.7. The first-order chi connectivity index (χ1) is 6.66. The van der Waals surface area contributed by atoms with Crippen molar-refractivity contribution in [1.29, 1.82) is 0 Å². The predicted octanol–water partition coefficient (Wildman–Crippen LogP) is 0.670. The number of carboxylic acid groups (broad SMARTS) is 1. The number of rotatable bonds is 2. The molecule has 2 aliphatic heterocycles. The Morgan fingerprint density at radius 2 is 2.36 bits per heavy atom. The summed E-state index contributed by atoms with van der Waals surface area (Å²) in [5, 5.41) is 12.1. The lowest BCUT2D eigenvalue weighted by Crippen LogP contribution is -2.41. The van der Waals surface area contributed by atoms with Gasteiger partial charge < -0.3 is 9.84 Å². The van der Waals surface area contributed by atoms with Crippen molar-refractivity contribution >= 4 is 17.7 Å². The molecule has 0 radical (unpaired) electrons. The van der Waals surface area contributed by atoms with Crippen LogP contribution in [-0.4, -0.2) is 40.5 Å². The minimum atomic E-state index is -0.758.